The lowest BCUT2D eigenvalue weighted by Crippen LogP contribution is -2.32. The van der Waals surface area contributed by atoms with E-state index in [4.69, 9.17) is 0 Å². The van der Waals surface area contributed by atoms with E-state index < -0.39 is 0 Å². The van der Waals surface area contributed by atoms with E-state index in [1.54, 1.807) is 0 Å². The molecular weight excluding hydrogens is 232 g/mol. The predicted octanol–water partition coefficient (Wildman–Crippen LogP) is 4.23. The van der Waals surface area contributed by atoms with Crippen molar-refractivity contribution in [1.82, 2.24) is 5.32 Å². The van der Waals surface area contributed by atoms with Crippen molar-refractivity contribution in [3.63, 3.8) is 0 Å². The fraction of sp³-hybridized carbons (Fsp3) is 0.647. The molecule has 0 radical (unpaired) electrons. The zero-order chi connectivity index (χ0) is 14.4. The molecular formula is C17H30N2. The molecule has 2 unspecified atom stereocenters. The molecule has 0 saturated carbocycles. The van der Waals surface area contributed by atoms with Crippen LogP contribution in [0, 0.1) is 5.92 Å². The van der Waals surface area contributed by atoms with Gasteiger partial charge in [0.05, 0.1) is 0 Å². The topological polar surface area (TPSA) is 15.3 Å². The van der Waals surface area contributed by atoms with E-state index in [0.717, 1.165) is 12.3 Å². The fourth-order valence-corrected chi connectivity index (χ4v) is 2.76. The third-order valence-electron chi connectivity index (χ3n) is 3.92. The Bertz CT molecular complexity index is 369. The van der Waals surface area contributed by atoms with Crippen molar-refractivity contribution in [2.24, 2.45) is 5.92 Å². The lowest BCUT2D eigenvalue weighted by molar-refractivity contribution is 0.500. The Morgan fingerprint density at radius 2 is 1.79 bits per heavy atom. The highest BCUT2D eigenvalue weighted by atomic mass is 15.1. The van der Waals surface area contributed by atoms with Gasteiger partial charge in [-0.05, 0) is 44.4 Å². The van der Waals surface area contributed by atoms with E-state index in [9.17, 15) is 0 Å². The molecule has 0 aliphatic rings. The molecule has 1 aromatic rings. The SMILES string of the molecule is CCC(NC)c1ccccc1N(C)C(C)CC(C)C. The summed E-state index contributed by atoms with van der Waals surface area (Å²) in [5, 5.41) is 3.42. The van der Waals surface area contributed by atoms with E-state index >= 15 is 0 Å². The summed E-state index contributed by atoms with van der Waals surface area (Å²) >= 11 is 0. The zero-order valence-electron chi connectivity index (χ0n) is 13.4. The van der Waals surface area contributed by atoms with Crippen LogP contribution in [0.3, 0.4) is 0 Å². The molecule has 1 N–H and O–H groups in total. The molecule has 0 spiro atoms. The Kier molecular flexibility index (Phi) is 6.36. The number of benzene rings is 1. The molecule has 0 heterocycles. The molecule has 0 aliphatic carbocycles. The van der Waals surface area contributed by atoms with Gasteiger partial charge in [0.2, 0.25) is 0 Å². The standard InChI is InChI=1S/C17H30N2/c1-7-16(18-5)15-10-8-9-11-17(15)19(6)14(4)12-13(2)3/h8-11,13-14,16,18H,7,12H2,1-6H3. The van der Waals surface area contributed by atoms with Gasteiger partial charge in [0, 0.05) is 24.8 Å². The van der Waals surface area contributed by atoms with Crippen molar-refractivity contribution >= 4 is 5.69 Å². The summed E-state index contributed by atoms with van der Waals surface area (Å²) in [6, 6.07) is 9.77. The number of para-hydroxylation sites is 1. The highest BCUT2D eigenvalue weighted by molar-refractivity contribution is 5.55. The van der Waals surface area contributed by atoms with Crippen LogP contribution in [0.2, 0.25) is 0 Å². The highest BCUT2D eigenvalue weighted by Gasteiger charge is 2.17. The van der Waals surface area contributed by atoms with E-state index in [-0.39, 0.29) is 0 Å². The Hall–Kier alpha value is -1.02. The lowest BCUT2D eigenvalue weighted by atomic mass is 9.99. The predicted molar refractivity (Wildman–Crippen MR) is 85.9 cm³/mol. The second-order valence-electron chi connectivity index (χ2n) is 5.90. The number of nitrogens with one attached hydrogen (secondary N) is 1. The van der Waals surface area contributed by atoms with Crippen molar-refractivity contribution < 1.29 is 0 Å². The Balaban J connectivity index is 2.99. The molecule has 0 aliphatic heterocycles. The van der Waals surface area contributed by atoms with Crippen LogP contribution in [0.25, 0.3) is 0 Å². The average molecular weight is 262 g/mol. The van der Waals surface area contributed by atoms with E-state index in [2.05, 4.69) is 69.2 Å². The van der Waals surface area contributed by atoms with Crippen LogP contribution in [0.5, 0.6) is 0 Å². The first kappa shape index (κ1) is 16.0. The average Bonchev–Trinajstić information content (AvgIpc) is 2.39. The summed E-state index contributed by atoms with van der Waals surface area (Å²) in [5.74, 6) is 0.732. The minimum atomic E-state index is 0.435. The van der Waals surface area contributed by atoms with Gasteiger partial charge in [0.1, 0.15) is 0 Å². The zero-order valence-corrected chi connectivity index (χ0v) is 13.4. The van der Waals surface area contributed by atoms with Gasteiger partial charge in [-0.2, -0.15) is 0 Å². The molecule has 1 aromatic carbocycles. The monoisotopic (exact) mass is 262 g/mol. The summed E-state index contributed by atoms with van der Waals surface area (Å²) < 4.78 is 0. The molecule has 2 nitrogen and oxygen atoms in total. The van der Waals surface area contributed by atoms with Crippen LogP contribution in [0.4, 0.5) is 5.69 Å². The number of rotatable bonds is 7. The first-order valence-electron chi connectivity index (χ1n) is 7.50. The number of nitrogens with zero attached hydrogens (tertiary/aromatic N) is 1. The van der Waals surface area contributed by atoms with Crippen molar-refractivity contribution in [2.75, 3.05) is 19.0 Å². The van der Waals surface area contributed by atoms with Crippen LogP contribution < -0.4 is 10.2 Å². The molecule has 0 saturated heterocycles. The number of hydrogen-bond donors (Lipinski definition) is 1. The molecule has 0 fully saturated rings. The largest absolute Gasteiger partial charge is 0.372 e. The van der Waals surface area contributed by atoms with Gasteiger partial charge in [-0.1, -0.05) is 39.0 Å². The third kappa shape index (κ3) is 4.24. The van der Waals surface area contributed by atoms with Gasteiger partial charge in [0.25, 0.3) is 0 Å². The van der Waals surface area contributed by atoms with Gasteiger partial charge >= 0.3 is 0 Å². The molecule has 0 aromatic heterocycles. The van der Waals surface area contributed by atoms with Crippen molar-refractivity contribution in [2.45, 2.75) is 52.6 Å². The first-order chi connectivity index (χ1) is 9.01. The second-order valence-corrected chi connectivity index (χ2v) is 5.90. The lowest BCUT2D eigenvalue weighted by Gasteiger charge is -2.32. The maximum atomic E-state index is 3.42. The van der Waals surface area contributed by atoms with Crippen LogP contribution in [-0.2, 0) is 0 Å². The van der Waals surface area contributed by atoms with Crippen LogP contribution in [-0.4, -0.2) is 20.1 Å². The van der Waals surface area contributed by atoms with Crippen LogP contribution in [0.15, 0.2) is 24.3 Å². The Labute approximate surface area is 119 Å². The first-order valence-corrected chi connectivity index (χ1v) is 7.50. The van der Waals surface area contributed by atoms with E-state index in [1.807, 2.05) is 7.05 Å². The van der Waals surface area contributed by atoms with Gasteiger partial charge in [-0.25, -0.2) is 0 Å². The maximum absolute atomic E-state index is 3.42. The van der Waals surface area contributed by atoms with Crippen LogP contribution >= 0.6 is 0 Å². The van der Waals surface area contributed by atoms with Gasteiger partial charge in [-0.3, -0.25) is 0 Å². The number of anilines is 1. The molecule has 2 heteroatoms. The minimum Gasteiger partial charge on any atom is -0.372 e. The molecule has 19 heavy (non-hydrogen) atoms. The molecule has 2 atom stereocenters. The molecule has 0 amide bonds. The van der Waals surface area contributed by atoms with E-state index in [1.165, 1.54) is 17.7 Å². The minimum absolute atomic E-state index is 0.435. The molecule has 108 valence electrons. The van der Waals surface area contributed by atoms with Crippen molar-refractivity contribution in [1.29, 1.82) is 0 Å². The normalized spacial score (nSPS) is 14.5. The third-order valence-corrected chi connectivity index (χ3v) is 3.92. The van der Waals surface area contributed by atoms with Crippen molar-refractivity contribution in [3.8, 4) is 0 Å². The molecule has 1 rings (SSSR count). The number of hydrogen-bond acceptors (Lipinski definition) is 2. The van der Waals surface area contributed by atoms with Crippen molar-refractivity contribution in [3.05, 3.63) is 29.8 Å². The highest BCUT2D eigenvalue weighted by Crippen LogP contribution is 2.29. The van der Waals surface area contributed by atoms with E-state index in [0.29, 0.717) is 12.1 Å². The Morgan fingerprint density at radius 3 is 2.32 bits per heavy atom. The quantitative estimate of drug-likeness (QED) is 0.791. The van der Waals surface area contributed by atoms with Gasteiger partial charge < -0.3 is 10.2 Å². The van der Waals surface area contributed by atoms with Gasteiger partial charge in [-0.15, -0.1) is 0 Å². The van der Waals surface area contributed by atoms with Gasteiger partial charge in [0.15, 0.2) is 0 Å². The summed E-state index contributed by atoms with van der Waals surface area (Å²) in [4.78, 5) is 2.43. The maximum Gasteiger partial charge on any atom is 0.0414 e. The summed E-state index contributed by atoms with van der Waals surface area (Å²) in [7, 11) is 4.26. The summed E-state index contributed by atoms with van der Waals surface area (Å²) in [5.41, 5.74) is 2.77. The summed E-state index contributed by atoms with van der Waals surface area (Å²) in [6.07, 6.45) is 2.33. The Morgan fingerprint density at radius 1 is 1.16 bits per heavy atom. The summed E-state index contributed by atoms with van der Waals surface area (Å²) in [6.45, 7) is 9.13. The second kappa shape index (κ2) is 7.54. The van der Waals surface area contributed by atoms with Crippen LogP contribution in [0.1, 0.15) is 52.1 Å². The smallest absolute Gasteiger partial charge is 0.0414 e. The molecule has 0 bridgehead atoms. The fourth-order valence-electron chi connectivity index (χ4n) is 2.76.